The second-order valence-corrected chi connectivity index (χ2v) is 5.74. The highest BCUT2D eigenvalue weighted by molar-refractivity contribution is 9.10. The molecule has 0 atom stereocenters. The largest absolute Gasteiger partial charge is 0.484 e. The summed E-state index contributed by atoms with van der Waals surface area (Å²) in [7, 11) is 0. The molecule has 1 heterocycles. The molecular weight excluding hydrogens is 359 g/mol. The number of rotatable bonds is 6. The van der Waals surface area contributed by atoms with Gasteiger partial charge >= 0.3 is 0 Å². The molecule has 1 N–H and O–H groups in total. The molecule has 6 heteroatoms. The van der Waals surface area contributed by atoms with Crippen molar-refractivity contribution in [3.05, 3.63) is 51.3 Å². The maximum atomic E-state index is 13.7. The molecule has 2 rings (SSSR count). The number of aromatic nitrogens is 1. The number of nitrogens with one attached hydrogen (secondary N) is 1. The number of halogens is 3. The van der Waals surface area contributed by atoms with Crippen molar-refractivity contribution in [2.45, 2.75) is 20.0 Å². The van der Waals surface area contributed by atoms with Crippen molar-refractivity contribution < 1.29 is 9.13 Å². The number of benzene rings is 1. The molecule has 0 saturated heterocycles. The van der Waals surface area contributed by atoms with Crippen LogP contribution >= 0.6 is 27.5 Å². The van der Waals surface area contributed by atoms with Crippen LogP contribution in [-0.2, 0) is 6.61 Å². The van der Waals surface area contributed by atoms with Crippen molar-refractivity contribution in [2.24, 2.45) is 0 Å². The van der Waals surface area contributed by atoms with E-state index in [0.29, 0.717) is 15.2 Å². The van der Waals surface area contributed by atoms with E-state index in [1.165, 1.54) is 6.07 Å². The van der Waals surface area contributed by atoms with Crippen LogP contribution in [0.3, 0.4) is 0 Å². The zero-order valence-electron chi connectivity index (χ0n) is 11.5. The summed E-state index contributed by atoms with van der Waals surface area (Å²) in [5.74, 6) is 0.472. The first-order valence-corrected chi connectivity index (χ1v) is 7.74. The van der Waals surface area contributed by atoms with Gasteiger partial charge in [-0.1, -0.05) is 34.5 Å². The van der Waals surface area contributed by atoms with Crippen molar-refractivity contribution >= 4 is 33.3 Å². The van der Waals surface area contributed by atoms with Gasteiger partial charge in [0.05, 0.1) is 10.7 Å². The molecule has 0 fully saturated rings. The Labute approximate surface area is 136 Å². The Morgan fingerprint density at radius 3 is 2.86 bits per heavy atom. The van der Waals surface area contributed by atoms with E-state index in [2.05, 4.69) is 33.2 Å². The molecule has 0 amide bonds. The van der Waals surface area contributed by atoms with Crippen LogP contribution in [-0.4, -0.2) is 11.5 Å². The Morgan fingerprint density at radius 1 is 1.33 bits per heavy atom. The molecule has 0 radical (unpaired) electrons. The number of nitrogens with zero attached hydrogens (tertiary/aromatic N) is 1. The van der Waals surface area contributed by atoms with Crippen LogP contribution in [0.2, 0.25) is 5.02 Å². The average molecular weight is 374 g/mol. The Hall–Kier alpha value is -1.33. The molecule has 0 aliphatic rings. The van der Waals surface area contributed by atoms with Crippen LogP contribution < -0.4 is 10.1 Å². The Balaban J connectivity index is 2.08. The van der Waals surface area contributed by atoms with Gasteiger partial charge in [0.2, 0.25) is 0 Å². The van der Waals surface area contributed by atoms with Crippen molar-refractivity contribution in [1.82, 2.24) is 4.98 Å². The van der Waals surface area contributed by atoms with Crippen LogP contribution in [0.25, 0.3) is 0 Å². The van der Waals surface area contributed by atoms with Gasteiger partial charge in [-0.25, -0.2) is 9.37 Å². The Kier molecular flexibility index (Phi) is 5.82. The van der Waals surface area contributed by atoms with Crippen LogP contribution in [0.5, 0.6) is 5.75 Å². The first kappa shape index (κ1) is 16.0. The molecule has 1 aromatic heterocycles. The van der Waals surface area contributed by atoms with E-state index in [9.17, 15) is 4.39 Å². The smallest absolute Gasteiger partial charge is 0.166 e. The van der Waals surface area contributed by atoms with E-state index >= 15 is 0 Å². The van der Waals surface area contributed by atoms with E-state index in [1.54, 1.807) is 18.2 Å². The third kappa shape index (κ3) is 4.58. The van der Waals surface area contributed by atoms with Crippen molar-refractivity contribution in [3.63, 3.8) is 0 Å². The van der Waals surface area contributed by atoms with Crippen molar-refractivity contribution in [1.29, 1.82) is 0 Å². The predicted octanol–water partition coefficient (Wildman–Crippen LogP) is 5.04. The molecular formula is C15H15BrClFN2O. The van der Waals surface area contributed by atoms with Crippen LogP contribution in [0.15, 0.2) is 34.8 Å². The first-order chi connectivity index (χ1) is 10.1. The van der Waals surface area contributed by atoms with Crippen LogP contribution in [0.1, 0.15) is 19.0 Å². The molecule has 0 aliphatic heterocycles. The lowest BCUT2D eigenvalue weighted by Gasteiger charge is -2.10. The summed E-state index contributed by atoms with van der Waals surface area (Å²) in [6, 6.07) is 8.19. The highest BCUT2D eigenvalue weighted by Crippen LogP contribution is 2.24. The minimum absolute atomic E-state index is 0.110. The van der Waals surface area contributed by atoms with E-state index in [1.807, 2.05) is 6.07 Å². The fraction of sp³-hybridized carbons (Fsp3) is 0.267. The molecule has 21 heavy (non-hydrogen) atoms. The van der Waals surface area contributed by atoms with Gasteiger partial charge in [-0.3, -0.25) is 0 Å². The summed E-state index contributed by atoms with van der Waals surface area (Å²) >= 11 is 9.29. The monoisotopic (exact) mass is 372 g/mol. The maximum absolute atomic E-state index is 13.7. The fourth-order valence-corrected chi connectivity index (χ4v) is 2.17. The fourth-order valence-electron chi connectivity index (χ4n) is 1.68. The van der Waals surface area contributed by atoms with E-state index in [-0.39, 0.29) is 12.4 Å². The van der Waals surface area contributed by atoms with Gasteiger partial charge in [-0.15, -0.1) is 0 Å². The molecule has 0 aliphatic carbocycles. The maximum Gasteiger partial charge on any atom is 0.166 e. The molecule has 0 saturated carbocycles. The highest BCUT2D eigenvalue weighted by atomic mass is 79.9. The highest BCUT2D eigenvalue weighted by Gasteiger charge is 2.08. The summed E-state index contributed by atoms with van der Waals surface area (Å²) in [4.78, 5) is 4.37. The van der Waals surface area contributed by atoms with Gasteiger partial charge in [0.25, 0.3) is 0 Å². The van der Waals surface area contributed by atoms with Crippen LogP contribution in [0.4, 0.5) is 10.2 Å². The number of pyridine rings is 1. The van der Waals surface area contributed by atoms with Gasteiger partial charge in [0.1, 0.15) is 12.4 Å². The number of ether oxygens (including phenoxy) is 1. The van der Waals surface area contributed by atoms with Gasteiger partial charge in [0.15, 0.2) is 11.6 Å². The Morgan fingerprint density at radius 2 is 2.14 bits per heavy atom. The van der Waals surface area contributed by atoms with E-state index < -0.39 is 5.82 Å². The average Bonchev–Trinajstić information content (AvgIpc) is 2.46. The first-order valence-electron chi connectivity index (χ1n) is 6.57. The third-order valence-electron chi connectivity index (χ3n) is 2.73. The topological polar surface area (TPSA) is 34.1 Å². The summed E-state index contributed by atoms with van der Waals surface area (Å²) < 4.78 is 19.8. The molecule has 2 aromatic rings. The Bertz CT molecular complexity index is 625. The van der Waals surface area contributed by atoms with Crippen LogP contribution in [0, 0.1) is 5.82 Å². The quantitative estimate of drug-likeness (QED) is 0.770. The molecule has 0 spiro atoms. The van der Waals surface area contributed by atoms with E-state index in [4.69, 9.17) is 16.3 Å². The summed E-state index contributed by atoms with van der Waals surface area (Å²) in [5, 5.41) is 3.67. The lowest BCUT2D eigenvalue weighted by atomic mass is 10.3. The molecule has 1 aromatic carbocycles. The number of hydrogen-bond acceptors (Lipinski definition) is 3. The minimum Gasteiger partial charge on any atom is -0.484 e. The third-order valence-corrected chi connectivity index (χ3v) is 3.57. The summed E-state index contributed by atoms with van der Waals surface area (Å²) in [5.41, 5.74) is 0.570. The SMILES string of the molecule is CCCNc1ccc(Cl)c(COc2ccc(Br)cc2F)n1. The zero-order chi connectivity index (χ0) is 15.2. The van der Waals surface area contributed by atoms with Gasteiger partial charge in [0, 0.05) is 11.0 Å². The molecule has 0 bridgehead atoms. The normalized spacial score (nSPS) is 10.5. The standard InChI is InChI=1S/C15H15BrClFN2O/c1-2-7-19-15-6-4-11(17)13(20-15)9-21-14-5-3-10(16)8-12(14)18/h3-6,8H,2,7,9H2,1H3,(H,19,20). The zero-order valence-corrected chi connectivity index (χ0v) is 13.8. The van der Waals surface area contributed by atoms with Crippen molar-refractivity contribution in [3.8, 4) is 5.75 Å². The second-order valence-electron chi connectivity index (χ2n) is 4.42. The molecule has 112 valence electrons. The van der Waals surface area contributed by atoms with E-state index in [0.717, 1.165) is 18.8 Å². The van der Waals surface area contributed by atoms with Gasteiger partial charge in [-0.2, -0.15) is 0 Å². The number of anilines is 1. The number of hydrogen-bond donors (Lipinski definition) is 1. The lowest BCUT2D eigenvalue weighted by Crippen LogP contribution is -2.06. The minimum atomic E-state index is -0.430. The molecule has 0 unspecified atom stereocenters. The lowest BCUT2D eigenvalue weighted by molar-refractivity contribution is 0.286. The van der Waals surface area contributed by atoms with Crippen molar-refractivity contribution in [2.75, 3.05) is 11.9 Å². The predicted molar refractivity (Wildman–Crippen MR) is 86.5 cm³/mol. The second kappa shape index (κ2) is 7.61. The summed E-state index contributed by atoms with van der Waals surface area (Å²) in [6.45, 7) is 3.01. The molecule has 3 nitrogen and oxygen atoms in total. The summed E-state index contributed by atoms with van der Waals surface area (Å²) in [6.07, 6.45) is 1.00. The van der Waals surface area contributed by atoms with Gasteiger partial charge in [-0.05, 0) is 36.8 Å². The van der Waals surface area contributed by atoms with Gasteiger partial charge < -0.3 is 10.1 Å².